The van der Waals surface area contributed by atoms with Crippen molar-refractivity contribution in [1.29, 1.82) is 0 Å². The zero-order valence-electron chi connectivity index (χ0n) is 8.67. The first-order valence-corrected chi connectivity index (χ1v) is 5.74. The van der Waals surface area contributed by atoms with Crippen LogP contribution in [0.25, 0.3) is 0 Å². The van der Waals surface area contributed by atoms with Gasteiger partial charge in [-0.3, -0.25) is 0 Å². The Balaban J connectivity index is 1.62. The van der Waals surface area contributed by atoms with Crippen LogP contribution in [0.5, 0.6) is 0 Å². The SMILES string of the molecule is Clc1ccc(C2OCC(C3C=C3)CO2)cn1. The number of ether oxygens (including phenoxy) is 2. The van der Waals surface area contributed by atoms with E-state index in [1.807, 2.05) is 6.07 Å². The zero-order valence-corrected chi connectivity index (χ0v) is 9.43. The summed E-state index contributed by atoms with van der Waals surface area (Å²) in [5.41, 5.74) is 0.923. The summed E-state index contributed by atoms with van der Waals surface area (Å²) in [6.45, 7) is 1.48. The third kappa shape index (κ3) is 2.12. The van der Waals surface area contributed by atoms with E-state index in [0.29, 0.717) is 17.0 Å². The molecule has 1 aromatic heterocycles. The van der Waals surface area contributed by atoms with Crippen LogP contribution >= 0.6 is 11.6 Å². The van der Waals surface area contributed by atoms with Crippen LogP contribution in [0, 0.1) is 11.8 Å². The van der Waals surface area contributed by atoms with Gasteiger partial charge < -0.3 is 9.47 Å². The molecule has 2 heterocycles. The van der Waals surface area contributed by atoms with Crippen molar-refractivity contribution >= 4 is 11.6 Å². The molecular weight excluding hydrogens is 226 g/mol. The summed E-state index contributed by atoms with van der Waals surface area (Å²) in [6.07, 6.45) is 5.77. The number of rotatable bonds is 2. The minimum atomic E-state index is -0.292. The second-order valence-corrected chi connectivity index (χ2v) is 4.52. The molecule has 0 saturated carbocycles. The van der Waals surface area contributed by atoms with Crippen molar-refractivity contribution in [3.05, 3.63) is 41.2 Å². The molecule has 0 N–H and O–H groups in total. The number of aromatic nitrogens is 1. The highest BCUT2D eigenvalue weighted by Gasteiger charge is 2.30. The molecular formula is C12H12ClNO2. The summed E-state index contributed by atoms with van der Waals surface area (Å²) in [6, 6.07) is 3.63. The Bertz CT molecular complexity index is 390. The van der Waals surface area contributed by atoms with Gasteiger partial charge in [-0.05, 0) is 12.1 Å². The van der Waals surface area contributed by atoms with E-state index >= 15 is 0 Å². The fraction of sp³-hybridized carbons (Fsp3) is 0.417. The molecule has 2 aliphatic rings. The molecule has 0 atom stereocenters. The Kier molecular flexibility index (Phi) is 2.67. The molecule has 0 bridgehead atoms. The normalized spacial score (nSPS) is 29.3. The Labute approximate surface area is 99.0 Å². The van der Waals surface area contributed by atoms with E-state index in [2.05, 4.69) is 17.1 Å². The van der Waals surface area contributed by atoms with E-state index in [9.17, 15) is 0 Å². The lowest BCUT2D eigenvalue weighted by molar-refractivity contribution is -0.207. The summed E-state index contributed by atoms with van der Waals surface area (Å²) in [4.78, 5) is 4.01. The molecule has 1 aromatic rings. The number of allylic oxidation sites excluding steroid dienone is 2. The van der Waals surface area contributed by atoms with Crippen molar-refractivity contribution in [1.82, 2.24) is 4.98 Å². The highest BCUT2D eigenvalue weighted by molar-refractivity contribution is 6.29. The second-order valence-electron chi connectivity index (χ2n) is 4.14. The summed E-state index contributed by atoms with van der Waals surface area (Å²) in [7, 11) is 0. The maximum atomic E-state index is 5.72. The zero-order chi connectivity index (χ0) is 11.0. The van der Waals surface area contributed by atoms with Gasteiger partial charge in [0.15, 0.2) is 6.29 Å². The predicted molar refractivity (Wildman–Crippen MR) is 60.0 cm³/mol. The van der Waals surface area contributed by atoms with Crippen LogP contribution < -0.4 is 0 Å². The topological polar surface area (TPSA) is 31.4 Å². The molecule has 3 rings (SSSR count). The fourth-order valence-electron chi connectivity index (χ4n) is 1.84. The molecule has 4 heteroatoms. The lowest BCUT2D eigenvalue weighted by Crippen LogP contribution is -2.28. The van der Waals surface area contributed by atoms with Crippen LogP contribution in [-0.2, 0) is 9.47 Å². The quantitative estimate of drug-likeness (QED) is 0.585. The molecule has 0 spiro atoms. The maximum Gasteiger partial charge on any atom is 0.185 e. The molecule has 0 unspecified atom stereocenters. The Morgan fingerprint density at radius 3 is 2.50 bits per heavy atom. The molecule has 0 radical (unpaired) electrons. The van der Waals surface area contributed by atoms with Gasteiger partial charge in [-0.25, -0.2) is 4.98 Å². The number of hydrogen-bond donors (Lipinski definition) is 0. The van der Waals surface area contributed by atoms with Gasteiger partial charge in [0.05, 0.1) is 13.2 Å². The first kappa shape index (κ1) is 10.3. The molecule has 16 heavy (non-hydrogen) atoms. The molecule has 1 aliphatic heterocycles. The van der Waals surface area contributed by atoms with Crippen molar-refractivity contribution in [2.45, 2.75) is 6.29 Å². The summed E-state index contributed by atoms with van der Waals surface area (Å²) in [5, 5.41) is 0.486. The van der Waals surface area contributed by atoms with Gasteiger partial charge in [-0.2, -0.15) is 0 Å². The van der Waals surface area contributed by atoms with Crippen LogP contribution in [0.1, 0.15) is 11.9 Å². The van der Waals surface area contributed by atoms with Gasteiger partial charge in [0.2, 0.25) is 0 Å². The average Bonchev–Trinajstić information content (AvgIpc) is 3.14. The Hall–Kier alpha value is -0.900. The van der Waals surface area contributed by atoms with E-state index in [0.717, 1.165) is 18.8 Å². The number of nitrogens with zero attached hydrogens (tertiary/aromatic N) is 1. The Morgan fingerprint density at radius 2 is 1.94 bits per heavy atom. The van der Waals surface area contributed by atoms with E-state index < -0.39 is 0 Å². The number of hydrogen-bond acceptors (Lipinski definition) is 3. The van der Waals surface area contributed by atoms with Gasteiger partial charge in [0, 0.05) is 23.6 Å². The molecule has 1 fully saturated rings. The minimum Gasteiger partial charge on any atom is -0.348 e. The van der Waals surface area contributed by atoms with Gasteiger partial charge in [-0.15, -0.1) is 0 Å². The molecule has 0 aromatic carbocycles. The van der Waals surface area contributed by atoms with E-state index in [-0.39, 0.29) is 6.29 Å². The second kappa shape index (κ2) is 4.17. The van der Waals surface area contributed by atoms with Crippen molar-refractivity contribution in [3.8, 4) is 0 Å². The standard InChI is InChI=1S/C12H12ClNO2/c13-11-4-3-9(5-14-11)12-15-6-10(7-16-12)8-1-2-8/h1-5,8,10,12H,6-7H2. The van der Waals surface area contributed by atoms with Gasteiger partial charge in [-0.1, -0.05) is 23.8 Å². The molecule has 84 valence electrons. The van der Waals surface area contributed by atoms with Crippen molar-refractivity contribution in [3.63, 3.8) is 0 Å². The third-order valence-electron chi connectivity index (χ3n) is 2.90. The van der Waals surface area contributed by atoms with Crippen LogP contribution in [0.2, 0.25) is 5.15 Å². The van der Waals surface area contributed by atoms with Crippen LogP contribution in [0.15, 0.2) is 30.5 Å². The predicted octanol–water partition coefficient (Wildman–Crippen LogP) is 2.58. The summed E-state index contributed by atoms with van der Waals surface area (Å²) in [5.74, 6) is 1.07. The number of halogens is 1. The van der Waals surface area contributed by atoms with Crippen molar-refractivity contribution < 1.29 is 9.47 Å². The molecule has 3 nitrogen and oxygen atoms in total. The van der Waals surface area contributed by atoms with Crippen LogP contribution in [-0.4, -0.2) is 18.2 Å². The van der Waals surface area contributed by atoms with Gasteiger partial charge >= 0.3 is 0 Å². The van der Waals surface area contributed by atoms with Crippen LogP contribution in [0.4, 0.5) is 0 Å². The third-order valence-corrected chi connectivity index (χ3v) is 3.13. The van der Waals surface area contributed by atoms with Crippen molar-refractivity contribution in [2.24, 2.45) is 11.8 Å². The Morgan fingerprint density at radius 1 is 1.19 bits per heavy atom. The first-order chi connectivity index (χ1) is 7.83. The van der Waals surface area contributed by atoms with Gasteiger partial charge in [0.1, 0.15) is 5.15 Å². The lowest BCUT2D eigenvalue weighted by atomic mass is 10.0. The van der Waals surface area contributed by atoms with E-state index in [1.54, 1.807) is 12.3 Å². The average molecular weight is 238 g/mol. The van der Waals surface area contributed by atoms with E-state index in [4.69, 9.17) is 21.1 Å². The molecule has 0 amide bonds. The fourth-order valence-corrected chi connectivity index (χ4v) is 1.95. The van der Waals surface area contributed by atoms with Gasteiger partial charge in [0.25, 0.3) is 0 Å². The number of pyridine rings is 1. The highest BCUT2D eigenvalue weighted by Crippen LogP contribution is 2.33. The molecule has 1 saturated heterocycles. The van der Waals surface area contributed by atoms with E-state index in [1.165, 1.54) is 0 Å². The maximum absolute atomic E-state index is 5.72. The lowest BCUT2D eigenvalue weighted by Gasteiger charge is -2.29. The smallest absolute Gasteiger partial charge is 0.185 e. The molecule has 1 aliphatic carbocycles. The largest absolute Gasteiger partial charge is 0.348 e. The summed E-state index contributed by atoms with van der Waals surface area (Å²) >= 11 is 5.72. The monoisotopic (exact) mass is 237 g/mol. The first-order valence-electron chi connectivity index (χ1n) is 5.36. The van der Waals surface area contributed by atoms with Crippen molar-refractivity contribution in [2.75, 3.05) is 13.2 Å². The minimum absolute atomic E-state index is 0.292. The van der Waals surface area contributed by atoms with Crippen LogP contribution in [0.3, 0.4) is 0 Å². The summed E-state index contributed by atoms with van der Waals surface area (Å²) < 4.78 is 11.3. The highest BCUT2D eigenvalue weighted by atomic mass is 35.5.